The first-order valence-electron chi connectivity index (χ1n) is 11.0. The molecule has 0 saturated carbocycles. The zero-order chi connectivity index (χ0) is 23.5. The summed E-state index contributed by atoms with van der Waals surface area (Å²) in [7, 11) is 6.60. The van der Waals surface area contributed by atoms with Crippen LogP contribution in [0.3, 0.4) is 0 Å². The fourth-order valence-corrected chi connectivity index (χ4v) is 2.25. The van der Waals surface area contributed by atoms with E-state index in [4.69, 9.17) is 10.2 Å². The van der Waals surface area contributed by atoms with Crippen molar-refractivity contribution >= 4 is 0 Å². The van der Waals surface area contributed by atoms with Crippen molar-refractivity contribution < 1.29 is 29.7 Å². The molecule has 32 heavy (non-hydrogen) atoms. The van der Waals surface area contributed by atoms with Crippen LogP contribution in [0, 0.1) is 13.8 Å². The topological polar surface area (TPSA) is 63.1 Å². The van der Waals surface area contributed by atoms with Crippen LogP contribution in [0.2, 0.25) is 0 Å². The molecule has 0 bridgehead atoms. The summed E-state index contributed by atoms with van der Waals surface area (Å²) in [6, 6.07) is 2.01. The Labute approximate surface area is 212 Å². The van der Waals surface area contributed by atoms with Gasteiger partial charge in [0.2, 0.25) is 0 Å². The van der Waals surface area contributed by atoms with Gasteiger partial charge in [-0.1, -0.05) is 27.7 Å². The number of likely N-dealkylation sites (N-methyl/N-ethyl adjacent to an activating group) is 3. The van der Waals surface area contributed by atoms with Gasteiger partial charge >= 0.3 is 19.5 Å². The second-order valence-electron chi connectivity index (χ2n) is 8.13. The van der Waals surface area contributed by atoms with E-state index < -0.39 is 6.10 Å². The molecule has 1 atom stereocenters. The van der Waals surface area contributed by atoms with E-state index in [0.717, 1.165) is 0 Å². The number of nitrogens with zero attached hydrogens (tertiary/aromatic N) is 4. The third-order valence-electron chi connectivity index (χ3n) is 4.37. The minimum atomic E-state index is -0.537. The largest absolute Gasteiger partial charge is 3.00 e. The molecule has 1 aliphatic heterocycles. The average molecular weight is 542 g/mol. The third kappa shape index (κ3) is 27.2. The SMILES string of the molecule is C.CC(O)=CC(C)O.CCC.CN1CCN(C)CCN(C)CC1.Cc1ccncc1C.[Ru+3]. The van der Waals surface area contributed by atoms with Crippen molar-refractivity contribution in [1.82, 2.24) is 19.7 Å². The molecule has 0 amide bonds. The Hall–Kier alpha value is -0.847. The molecule has 1 radical (unpaired) electrons. The zero-order valence-corrected chi connectivity index (χ0v) is 23.1. The Balaban J connectivity index is -0.000000174. The summed E-state index contributed by atoms with van der Waals surface area (Å²) in [6.07, 6.45) is 5.75. The number of hydrogen-bond acceptors (Lipinski definition) is 6. The van der Waals surface area contributed by atoms with Gasteiger partial charge in [-0.2, -0.15) is 0 Å². The monoisotopic (exact) mass is 542 g/mol. The Bertz CT molecular complexity index is 496. The minimum absolute atomic E-state index is 0. The molecule has 1 unspecified atom stereocenters. The van der Waals surface area contributed by atoms with Gasteiger partial charge in [-0.3, -0.25) is 4.98 Å². The van der Waals surface area contributed by atoms with Gasteiger partial charge in [0.15, 0.2) is 0 Å². The number of rotatable bonds is 1. The molecule has 1 fully saturated rings. The maximum absolute atomic E-state index is 8.49. The van der Waals surface area contributed by atoms with Gasteiger partial charge in [-0.15, -0.1) is 0 Å². The molecule has 2 rings (SSSR count). The Morgan fingerprint density at radius 1 is 0.969 bits per heavy atom. The Kier molecular flexibility index (Phi) is 29.8. The standard InChI is InChI=1S/C9H21N3.C7H9N.C5H10O2.C3H8.CH4.Ru/c1-10-4-6-11(2)8-9-12(3)7-5-10;1-6-3-4-8-5-7(6)2;1-4(6)3-5(2)7;1-3-2;;/h4-9H2,1-3H3;3-5H,1-2H3;3-4,6-7H,1-2H3;3H2,1-2H3;1H4;/q;;;;;+3. The third-order valence-corrected chi connectivity index (χ3v) is 4.37. The molecule has 2 heterocycles. The molecular weight excluding hydrogens is 489 g/mol. The Morgan fingerprint density at radius 3 is 1.47 bits per heavy atom. The van der Waals surface area contributed by atoms with Crippen molar-refractivity contribution in [2.24, 2.45) is 0 Å². The fourth-order valence-electron chi connectivity index (χ4n) is 2.25. The van der Waals surface area contributed by atoms with Gasteiger partial charge in [0.05, 0.1) is 11.9 Å². The number of aliphatic hydroxyl groups is 2. The number of aliphatic hydroxyl groups excluding tert-OH is 2. The number of aromatic nitrogens is 1. The second kappa shape index (κ2) is 24.8. The van der Waals surface area contributed by atoms with Crippen LogP contribution in [0.25, 0.3) is 0 Å². The first-order chi connectivity index (χ1) is 14.0. The summed E-state index contributed by atoms with van der Waals surface area (Å²) in [5.74, 6) is 0.162. The van der Waals surface area contributed by atoms with Crippen LogP contribution >= 0.6 is 0 Å². The van der Waals surface area contributed by atoms with Gasteiger partial charge in [0, 0.05) is 51.7 Å². The Morgan fingerprint density at radius 2 is 1.31 bits per heavy atom. The van der Waals surface area contributed by atoms with E-state index in [2.05, 4.69) is 68.5 Å². The number of allylic oxidation sites excluding steroid dienone is 1. The summed E-state index contributed by atoms with van der Waals surface area (Å²) in [5, 5.41) is 16.9. The van der Waals surface area contributed by atoms with E-state index in [-0.39, 0.29) is 32.7 Å². The second-order valence-corrected chi connectivity index (χ2v) is 8.13. The van der Waals surface area contributed by atoms with Crippen molar-refractivity contribution in [3.63, 3.8) is 0 Å². The van der Waals surface area contributed by atoms with Crippen LogP contribution in [0.1, 0.15) is 52.7 Å². The predicted molar refractivity (Wildman–Crippen MR) is 137 cm³/mol. The quantitative estimate of drug-likeness (QED) is 0.407. The van der Waals surface area contributed by atoms with Gasteiger partial charge in [-0.25, -0.2) is 0 Å². The van der Waals surface area contributed by atoms with Crippen LogP contribution in [-0.4, -0.2) is 96.4 Å². The molecule has 1 aliphatic rings. The first kappa shape index (κ1) is 38.4. The molecule has 1 saturated heterocycles. The fraction of sp³-hybridized carbons (Fsp3) is 0.720. The zero-order valence-electron chi connectivity index (χ0n) is 21.4. The molecule has 0 aliphatic carbocycles. The van der Waals surface area contributed by atoms with Crippen LogP contribution in [-0.2, 0) is 19.5 Å². The van der Waals surface area contributed by atoms with Crippen molar-refractivity contribution in [3.05, 3.63) is 41.4 Å². The molecule has 1 aromatic heterocycles. The molecule has 189 valence electrons. The average Bonchev–Trinajstić information content (AvgIpc) is 2.72. The first-order valence-corrected chi connectivity index (χ1v) is 11.0. The number of aryl methyl sites for hydroxylation is 2. The predicted octanol–water partition coefficient (Wildman–Crippen LogP) is 4.37. The van der Waals surface area contributed by atoms with Crippen LogP contribution in [0.5, 0.6) is 0 Å². The summed E-state index contributed by atoms with van der Waals surface area (Å²) in [6.45, 7) is 18.7. The van der Waals surface area contributed by atoms with E-state index in [9.17, 15) is 0 Å². The summed E-state index contributed by atoms with van der Waals surface area (Å²) < 4.78 is 0. The maximum Gasteiger partial charge on any atom is 3.00 e. The van der Waals surface area contributed by atoms with Crippen LogP contribution < -0.4 is 0 Å². The molecule has 0 aromatic carbocycles. The normalized spacial score (nSPS) is 16.4. The maximum atomic E-state index is 8.49. The summed E-state index contributed by atoms with van der Waals surface area (Å²) in [5.41, 5.74) is 2.56. The van der Waals surface area contributed by atoms with Crippen molar-refractivity contribution in [2.45, 2.75) is 61.5 Å². The van der Waals surface area contributed by atoms with Gasteiger partial charge < -0.3 is 24.9 Å². The van der Waals surface area contributed by atoms with Gasteiger partial charge in [0.25, 0.3) is 0 Å². The van der Waals surface area contributed by atoms with E-state index in [1.807, 2.05) is 18.5 Å². The van der Waals surface area contributed by atoms with Crippen LogP contribution in [0.15, 0.2) is 30.3 Å². The molecule has 2 N–H and O–H groups in total. The molecule has 6 nitrogen and oxygen atoms in total. The smallest absolute Gasteiger partial charge is 0.513 e. The summed E-state index contributed by atoms with van der Waals surface area (Å²) in [4.78, 5) is 11.1. The van der Waals surface area contributed by atoms with Gasteiger partial charge in [-0.05, 0) is 72.1 Å². The summed E-state index contributed by atoms with van der Waals surface area (Å²) >= 11 is 0. The van der Waals surface area contributed by atoms with E-state index in [1.165, 1.54) is 69.8 Å². The van der Waals surface area contributed by atoms with Gasteiger partial charge in [0.1, 0.15) is 0 Å². The molecule has 0 spiro atoms. The van der Waals surface area contributed by atoms with Crippen LogP contribution in [0.4, 0.5) is 0 Å². The number of hydrogen-bond donors (Lipinski definition) is 2. The molecule has 7 heteroatoms. The minimum Gasteiger partial charge on any atom is -0.513 e. The number of pyridine rings is 1. The van der Waals surface area contributed by atoms with E-state index in [1.54, 1.807) is 6.92 Å². The van der Waals surface area contributed by atoms with E-state index in [0.29, 0.717) is 0 Å². The van der Waals surface area contributed by atoms with Crippen molar-refractivity contribution in [1.29, 1.82) is 0 Å². The van der Waals surface area contributed by atoms with Crippen molar-refractivity contribution in [3.8, 4) is 0 Å². The van der Waals surface area contributed by atoms with Crippen molar-refractivity contribution in [2.75, 3.05) is 60.4 Å². The van der Waals surface area contributed by atoms with E-state index >= 15 is 0 Å². The molecule has 1 aromatic rings. The molecular formula is C25H52N4O2Ru+3.